The summed E-state index contributed by atoms with van der Waals surface area (Å²) in [5.74, 6) is 3.94. The van der Waals surface area contributed by atoms with E-state index >= 15 is 0 Å². The van der Waals surface area contributed by atoms with Crippen molar-refractivity contribution >= 4 is 0 Å². The normalized spacial score (nSPS) is 12.4. The zero-order valence-electron chi connectivity index (χ0n) is 11.7. The van der Waals surface area contributed by atoms with Gasteiger partial charge in [-0.3, -0.25) is 11.3 Å². The van der Waals surface area contributed by atoms with Gasteiger partial charge < -0.3 is 0 Å². The van der Waals surface area contributed by atoms with Crippen LogP contribution in [-0.2, 0) is 12.8 Å². The van der Waals surface area contributed by atoms with Crippen molar-refractivity contribution in [2.75, 3.05) is 0 Å². The van der Waals surface area contributed by atoms with Gasteiger partial charge in [-0.15, -0.1) is 0 Å². The lowest BCUT2D eigenvalue weighted by Gasteiger charge is -2.17. The number of halogens is 3. The van der Waals surface area contributed by atoms with Crippen molar-refractivity contribution in [2.24, 2.45) is 5.84 Å². The lowest BCUT2D eigenvalue weighted by Crippen LogP contribution is -2.38. The summed E-state index contributed by atoms with van der Waals surface area (Å²) < 4.78 is 39.7. The molecule has 0 fully saturated rings. The van der Waals surface area contributed by atoms with Crippen molar-refractivity contribution in [1.82, 2.24) is 5.43 Å². The Balaban J connectivity index is 2.14. The SMILES string of the molecule is Cc1ccc(F)cc1CC(Cc1cc(F)cc(F)c1)NN. The van der Waals surface area contributed by atoms with Gasteiger partial charge in [0.2, 0.25) is 0 Å². The van der Waals surface area contributed by atoms with Crippen LogP contribution in [0.2, 0.25) is 0 Å². The Labute approximate surface area is 121 Å². The minimum absolute atomic E-state index is 0.244. The first-order valence-electron chi connectivity index (χ1n) is 6.64. The van der Waals surface area contributed by atoms with Gasteiger partial charge in [-0.25, -0.2) is 13.2 Å². The van der Waals surface area contributed by atoms with Crippen molar-refractivity contribution in [3.8, 4) is 0 Å². The number of hydrogen-bond acceptors (Lipinski definition) is 2. The zero-order chi connectivity index (χ0) is 15.4. The zero-order valence-corrected chi connectivity index (χ0v) is 11.7. The van der Waals surface area contributed by atoms with Crippen molar-refractivity contribution in [3.05, 3.63) is 70.5 Å². The molecule has 2 aromatic rings. The van der Waals surface area contributed by atoms with E-state index in [0.29, 0.717) is 18.4 Å². The van der Waals surface area contributed by atoms with E-state index in [9.17, 15) is 13.2 Å². The smallest absolute Gasteiger partial charge is 0.126 e. The van der Waals surface area contributed by atoms with Crippen LogP contribution in [-0.4, -0.2) is 6.04 Å². The molecule has 0 bridgehead atoms. The van der Waals surface area contributed by atoms with Crippen molar-refractivity contribution < 1.29 is 13.2 Å². The van der Waals surface area contributed by atoms with E-state index in [1.807, 2.05) is 6.92 Å². The molecule has 2 aromatic carbocycles. The van der Waals surface area contributed by atoms with Gasteiger partial charge in [-0.1, -0.05) is 6.07 Å². The molecule has 0 saturated carbocycles. The lowest BCUT2D eigenvalue weighted by atomic mass is 9.96. The molecule has 0 aliphatic heterocycles. The third-order valence-electron chi connectivity index (χ3n) is 3.42. The van der Waals surface area contributed by atoms with E-state index < -0.39 is 11.6 Å². The number of hydrogen-bond donors (Lipinski definition) is 2. The molecule has 3 N–H and O–H groups in total. The minimum Gasteiger partial charge on any atom is -0.271 e. The number of nitrogens with two attached hydrogens (primary N) is 1. The van der Waals surface area contributed by atoms with E-state index in [0.717, 1.165) is 17.2 Å². The van der Waals surface area contributed by atoms with E-state index in [-0.39, 0.29) is 11.9 Å². The van der Waals surface area contributed by atoms with E-state index in [1.54, 1.807) is 6.07 Å². The Morgan fingerprint density at radius 3 is 2.24 bits per heavy atom. The number of nitrogens with one attached hydrogen (secondary N) is 1. The molecular formula is C16H17F3N2. The summed E-state index contributed by atoms with van der Waals surface area (Å²) in [7, 11) is 0. The Morgan fingerprint density at radius 2 is 1.62 bits per heavy atom. The first-order valence-corrected chi connectivity index (χ1v) is 6.64. The van der Waals surface area contributed by atoms with E-state index in [2.05, 4.69) is 5.43 Å². The quantitative estimate of drug-likeness (QED) is 0.657. The van der Waals surface area contributed by atoms with Crippen molar-refractivity contribution in [2.45, 2.75) is 25.8 Å². The van der Waals surface area contributed by atoms with Gasteiger partial charge in [0.05, 0.1) is 0 Å². The second kappa shape index (κ2) is 6.74. The van der Waals surface area contributed by atoms with Gasteiger partial charge in [0.15, 0.2) is 0 Å². The molecule has 0 amide bonds. The minimum atomic E-state index is -0.622. The predicted octanol–water partition coefficient (Wildman–Crippen LogP) is 3.03. The van der Waals surface area contributed by atoms with Crippen LogP contribution in [0.5, 0.6) is 0 Å². The fourth-order valence-corrected chi connectivity index (χ4v) is 2.33. The van der Waals surface area contributed by atoms with Gasteiger partial charge >= 0.3 is 0 Å². The van der Waals surface area contributed by atoms with E-state index in [1.165, 1.54) is 24.3 Å². The van der Waals surface area contributed by atoms with Crippen LogP contribution in [0, 0.1) is 24.4 Å². The second-order valence-corrected chi connectivity index (χ2v) is 5.12. The van der Waals surface area contributed by atoms with Gasteiger partial charge in [0.1, 0.15) is 17.5 Å². The molecule has 0 saturated heterocycles. The highest BCUT2D eigenvalue weighted by molar-refractivity contribution is 5.28. The summed E-state index contributed by atoms with van der Waals surface area (Å²) in [6.45, 7) is 1.88. The van der Waals surface area contributed by atoms with Crippen LogP contribution in [0.1, 0.15) is 16.7 Å². The van der Waals surface area contributed by atoms with Crippen molar-refractivity contribution in [3.63, 3.8) is 0 Å². The maximum absolute atomic E-state index is 13.3. The fraction of sp³-hybridized carbons (Fsp3) is 0.250. The van der Waals surface area contributed by atoms with Crippen LogP contribution in [0.15, 0.2) is 36.4 Å². The fourth-order valence-electron chi connectivity index (χ4n) is 2.33. The Hall–Kier alpha value is -1.85. The molecule has 0 aliphatic carbocycles. The molecule has 0 spiro atoms. The Kier molecular flexibility index (Phi) is 4.98. The molecule has 0 aromatic heterocycles. The predicted molar refractivity (Wildman–Crippen MR) is 76.0 cm³/mol. The summed E-state index contributed by atoms with van der Waals surface area (Å²) in [6.07, 6.45) is 0.819. The first kappa shape index (κ1) is 15.5. The molecule has 21 heavy (non-hydrogen) atoms. The maximum Gasteiger partial charge on any atom is 0.126 e. The average molecular weight is 294 g/mol. The number of hydrazine groups is 1. The molecule has 1 unspecified atom stereocenters. The molecular weight excluding hydrogens is 277 g/mol. The van der Waals surface area contributed by atoms with Gasteiger partial charge in [0.25, 0.3) is 0 Å². The summed E-state index contributed by atoms with van der Waals surface area (Å²) in [6, 6.07) is 7.66. The van der Waals surface area contributed by atoms with Crippen LogP contribution >= 0.6 is 0 Å². The largest absolute Gasteiger partial charge is 0.271 e. The van der Waals surface area contributed by atoms with Crippen LogP contribution in [0.25, 0.3) is 0 Å². The molecule has 1 atom stereocenters. The lowest BCUT2D eigenvalue weighted by molar-refractivity contribution is 0.513. The highest BCUT2D eigenvalue weighted by Crippen LogP contribution is 2.16. The summed E-state index contributed by atoms with van der Waals surface area (Å²) in [4.78, 5) is 0. The topological polar surface area (TPSA) is 38.0 Å². The Morgan fingerprint density at radius 1 is 0.952 bits per heavy atom. The van der Waals surface area contributed by atoms with Gasteiger partial charge in [-0.05, 0) is 60.7 Å². The highest BCUT2D eigenvalue weighted by Gasteiger charge is 2.12. The molecule has 2 rings (SSSR count). The first-order chi connectivity index (χ1) is 9.97. The molecule has 0 radical (unpaired) electrons. The summed E-state index contributed by atoms with van der Waals surface area (Å²) in [5.41, 5.74) is 4.88. The second-order valence-electron chi connectivity index (χ2n) is 5.12. The van der Waals surface area contributed by atoms with Gasteiger partial charge in [-0.2, -0.15) is 0 Å². The van der Waals surface area contributed by atoms with Crippen LogP contribution < -0.4 is 11.3 Å². The highest BCUT2D eigenvalue weighted by atomic mass is 19.1. The third kappa shape index (κ3) is 4.31. The standard InChI is InChI=1S/C16H17F3N2/c1-10-2-3-13(17)7-12(10)8-16(21-20)6-11-4-14(18)9-15(19)5-11/h2-5,7,9,16,21H,6,8,20H2,1H3. The average Bonchev–Trinajstić information content (AvgIpc) is 2.41. The molecule has 2 nitrogen and oxygen atoms in total. The van der Waals surface area contributed by atoms with Gasteiger partial charge in [0, 0.05) is 12.1 Å². The molecule has 0 heterocycles. The summed E-state index contributed by atoms with van der Waals surface area (Å²) in [5, 5.41) is 0. The third-order valence-corrected chi connectivity index (χ3v) is 3.42. The number of benzene rings is 2. The molecule has 0 aliphatic rings. The van der Waals surface area contributed by atoms with Crippen LogP contribution in [0.4, 0.5) is 13.2 Å². The van der Waals surface area contributed by atoms with Crippen molar-refractivity contribution in [1.29, 1.82) is 0 Å². The monoisotopic (exact) mass is 294 g/mol. The molecule has 5 heteroatoms. The van der Waals surface area contributed by atoms with Crippen LogP contribution in [0.3, 0.4) is 0 Å². The number of aryl methyl sites for hydroxylation is 1. The summed E-state index contributed by atoms with van der Waals surface area (Å²) >= 11 is 0. The Bertz CT molecular complexity index is 609. The van der Waals surface area contributed by atoms with E-state index in [4.69, 9.17) is 5.84 Å². The molecule has 112 valence electrons. The number of rotatable bonds is 5. The maximum atomic E-state index is 13.3.